The summed E-state index contributed by atoms with van der Waals surface area (Å²) < 4.78 is 2.66. The molecule has 0 spiro atoms. The molecular formula is C61H39N3S. The first-order valence-corrected chi connectivity index (χ1v) is 22.7. The molecule has 12 rings (SSSR count). The van der Waals surface area contributed by atoms with E-state index in [0.29, 0.717) is 17.5 Å². The first-order valence-electron chi connectivity index (χ1n) is 21.9. The van der Waals surface area contributed by atoms with Gasteiger partial charge in [-0.2, -0.15) is 0 Å². The minimum absolute atomic E-state index is 0.622. The normalized spacial score (nSPS) is 11.4. The van der Waals surface area contributed by atoms with Crippen LogP contribution in [0.5, 0.6) is 0 Å². The Morgan fingerprint density at radius 2 is 0.662 bits per heavy atom. The van der Waals surface area contributed by atoms with Crippen LogP contribution in [0.2, 0.25) is 0 Å². The number of aromatic nitrogens is 3. The van der Waals surface area contributed by atoms with Crippen molar-refractivity contribution in [3.05, 3.63) is 237 Å². The predicted octanol–water partition coefficient (Wildman–Crippen LogP) is 16.7. The number of fused-ring (bicyclic) bond motifs is 4. The summed E-state index contributed by atoms with van der Waals surface area (Å²) in [7, 11) is 0. The van der Waals surface area contributed by atoms with Gasteiger partial charge in [-0.05, 0) is 78.5 Å². The van der Waals surface area contributed by atoms with Gasteiger partial charge in [-0.25, -0.2) is 15.0 Å². The Bertz CT molecular complexity index is 3690. The van der Waals surface area contributed by atoms with Gasteiger partial charge in [-0.3, -0.25) is 0 Å². The van der Waals surface area contributed by atoms with Crippen molar-refractivity contribution in [3.8, 4) is 89.8 Å². The lowest BCUT2D eigenvalue weighted by atomic mass is 9.91. The molecule has 0 amide bonds. The lowest BCUT2D eigenvalue weighted by Crippen LogP contribution is -2.01. The van der Waals surface area contributed by atoms with Crippen molar-refractivity contribution in [1.29, 1.82) is 0 Å². The zero-order valence-corrected chi connectivity index (χ0v) is 36.1. The van der Waals surface area contributed by atoms with Crippen LogP contribution in [-0.2, 0) is 0 Å². The zero-order valence-electron chi connectivity index (χ0n) is 35.3. The van der Waals surface area contributed by atoms with E-state index in [4.69, 9.17) is 15.0 Å². The maximum atomic E-state index is 5.19. The highest BCUT2D eigenvalue weighted by Crippen LogP contribution is 2.42. The average Bonchev–Trinajstić information content (AvgIpc) is 3.78. The third kappa shape index (κ3) is 7.16. The monoisotopic (exact) mass is 845 g/mol. The molecule has 0 aliphatic rings. The fourth-order valence-electron chi connectivity index (χ4n) is 9.18. The van der Waals surface area contributed by atoms with Crippen LogP contribution in [0, 0.1) is 0 Å². The second-order valence-corrected chi connectivity index (χ2v) is 17.4. The SMILES string of the molecule is c1ccc(-c2cccc(-c3nc(-c4ccc(-c5ccc(-c6ccc(-c7cccc8c7sc7ccccc78)cc6)c6ccccc56)cc4)nc(-c4ccccc4-c4ccccc4)n3)c2)cc1. The van der Waals surface area contributed by atoms with Gasteiger partial charge in [0.05, 0.1) is 0 Å². The van der Waals surface area contributed by atoms with Gasteiger partial charge >= 0.3 is 0 Å². The van der Waals surface area contributed by atoms with Crippen LogP contribution >= 0.6 is 11.3 Å². The zero-order chi connectivity index (χ0) is 43.1. The van der Waals surface area contributed by atoms with Crippen molar-refractivity contribution >= 4 is 42.3 Å². The first-order chi connectivity index (χ1) is 32.2. The predicted molar refractivity (Wildman–Crippen MR) is 274 cm³/mol. The van der Waals surface area contributed by atoms with Crippen molar-refractivity contribution < 1.29 is 0 Å². The van der Waals surface area contributed by atoms with Crippen LogP contribution < -0.4 is 0 Å². The lowest BCUT2D eigenvalue weighted by molar-refractivity contribution is 1.07. The van der Waals surface area contributed by atoms with Crippen LogP contribution in [0.4, 0.5) is 0 Å². The molecule has 0 saturated carbocycles. The van der Waals surface area contributed by atoms with E-state index < -0.39 is 0 Å². The molecule has 65 heavy (non-hydrogen) atoms. The molecule has 3 nitrogen and oxygen atoms in total. The minimum atomic E-state index is 0.622. The number of hydrogen-bond acceptors (Lipinski definition) is 4. The maximum Gasteiger partial charge on any atom is 0.164 e. The largest absolute Gasteiger partial charge is 0.208 e. The highest BCUT2D eigenvalue weighted by molar-refractivity contribution is 7.26. The third-order valence-electron chi connectivity index (χ3n) is 12.4. The van der Waals surface area contributed by atoms with Crippen molar-refractivity contribution in [1.82, 2.24) is 15.0 Å². The average molecular weight is 846 g/mol. The quantitative estimate of drug-likeness (QED) is 0.153. The highest BCUT2D eigenvalue weighted by Gasteiger charge is 2.18. The van der Waals surface area contributed by atoms with E-state index >= 15 is 0 Å². The number of thiophene rings is 1. The molecule has 2 aromatic heterocycles. The summed E-state index contributed by atoms with van der Waals surface area (Å²) in [6, 6.07) is 84.1. The standard InChI is InChI=1S/C61H39N3S/c1-3-15-40(16-4-1)46-19-13-20-47(39-46)60-62-59(63-61(64-60)56-25-10-7-21-48(56)41-17-5-2-6-18-41)45-35-33-43(34-36-45)50-38-37-49(52-22-8-9-23-53(50)52)42-29-31-44(32-30-42)51-26-14-27-55-54-24-11-12-28-57(54)65-58(51)55/h1-39H. The Kier molecular flexibility index (Phi) is 9.70. The molecule has 0 bridgehead atoms. The first kappa shape index (κ1) is 38.4. The Balaban J connectivity index is 0.909. The molecule has 0 radical (unpaired) electrons. The molecule has 12 aromatic rings. The summed E-state index contributed by atoms with van der Waals surface area (Å²) in [6.45, 7) is 0. The van der Waals surface area contributed by atoms with Gasteiger partial charge in [0.15, 0.2) is 17.5 Å². The van der Waals surface area contributed by atoms with Crippen LogP contribution in [-0.4, -0.2) is 15.0 Å². The molecule has 0 N–H and O–H groups in total. The van der Waals surface area contributed by atoms with E-state index in [1.54, 1.807) is 0 Å². The number of rotatable bonds is 8. The van der Waals surface area contributed by atoms with Gasteiger partial charge in [-0.1, -0.05) is 224 Å². The highest BCUT2D eigenvalue weighted by atomic mass is 32.1. The lowest BCUT2D eigenvalue weighted by Gasteiger charge is -2.14. The Morgan fingerprint density at radius 3 is 1.34 bits per heavy atom. The molecule has 0 unspecified atom stereocenters. The van der Waals surface area contributed by atoms with E-state index in [-0.39, 0.29) is 0 Å². The van der Waals surface area contributed by atoms with Gasteiger partial charge < -0.3 is 0 Å². The molecule has 10 aromatic carbocycles. The summed E-state index contributed by atoms with van der Waals surface area (Å²) in [4.78, 5) is 15.5. The van der Waals surface area contributed by atoms with E-state index in [1.165, 1.54) is 58.8 Å². The van der Waals surface area contributed by atoms with E-state index in [1.807, 2.05) is 23.5 Å². The van der Waals surface area contributed by atoms with Crippen LogP contribution in [0.15, 0.2) is 237 Å². The smallest absolute Gasteiger partial charge is 0.164 e. The summed E-state index contributed by atoms with van der Waals surface area (Å²) in [5.74, 6) is 1.88. The van der Waals surface area contributed by atoms with Gasteiger partial charge in [0.1, 0.15) is 0 Å². The Morgan fingerprint density at radius 1 is 0.231 bits per heavy atom. The summed E-state index contributed by atoms with van der Waals surface area (Å²) in [6.07, 6.45) is 0. The van der Waals surface area contributed by atoms with Crippen molar-refractivity contribution in [2.45, 2.75) is 0 Å². The molecule has 0 saturated heterocycles. The van der Waals surface area contributed by atoms with Gasteiger partial charge in [0.2, 0.25) is 0 Å². The Hall–Kier alpha value is -8.31. The van der Waals surface area contributed by atoms with E-state index in [2.05, 4.69) is 224 Å². The fraction of sp³-hybridized carbons (Fsp3) is 0. The third-order valence-corrected chi connectivity index (χ3v) is 13.6. The molecule has 0 atom stereocenters. The fourth-order valence-corrected chi connectivity index (χ4v) is 10.4. The van der Waals surface area contributed by atoms with Gasteiger partial charge in [0, 0.05) is 36.9 Å². The molecule has 2 heterocycles. The number of nitrogens with zero attached hydrogens (tertiary/aromatic N) is 3. The van der Waals surface area contributed by atoms with Crippen LogP contribution in [0.1, 0.15) is 0 Å². The number of hydrogen-bond donors (Lipinski definition) is 0. The van der Waals surface area contributed by atoms with Crippen molar-refractivity contribution in [2.75, 3.05) is 0 Å². The van der Waals surface area contributed by atoms with Crippen LogP contribution in [0.3, 0.4) is 0 Å². The second kappa shape index (κ2) is 16.4. The van der Waals surface area contributed by atoms with Crippen LogP contribution in [0.25, 0.3) is 121 Å². The maximum absolute atomic E-state index is 5.19. The number of benzene rings is 10. The second-order valence-electron chi connectivity index (χ2n) is 16.3. The summed E-state index contributed by atoms with van der Waals surface area (Å²) in [5.41, 5.74) is 14.4. The molecule has 0 fully saturated rings. The molecule has 0 aliphatic carbocycles. The van der Waals surface area contributed by atoms with Crippen molar-refractivity contribution in [3.63, 3.8) is 0 Å². The van der Waals surface area contributed by atoms with Crippen molar-refractivity contribution in [2.24, 2.45) is 0 Å². The molecule has 4 heteroatoms. The molecular weight excluding hydrogens is 807 g/mol. The molecule has 0 aliphatic heterocycles. The van der Waals surface area contributed by atoms with E-state index in [0.717, 1.165) is 44.5 Å². The summed E-state index contributed by atoms with van der Waals surface area (Å²) >= 11 is 1.87. The topological polar surface area (TPSA) is 38.7 Å². The summed E-state index contributed by atoms with van der Waals surface area (Å²) in [5, 5.41) is 5.06. The molecule has 304 valence electrons. The van der Waals surface area contributed by atoms with Gasteiger partial charge in [-0.15, -0.1) is 11.3 Å². The Labute approximate surface area is 381 Å². The minimum Gasteiger partial charge on any atom is -0.208 e. The van der Waals surface area contributed by atoms with E-state index in [9.17, 15) is 0 Å². The van der Waals surface area contributed by atoms with Gasteiger partial charge in [0.25, 0.3) is 0 Å².